The maximum absolute atomic E-state index is 14.0. The van der Waals surface area contributed by atoms with Gasteiger partial charge in [-0.1, -0.05) is 59.6 Å². The Balaban J connectivity index is 2.32. The minimum atomic E-state index is -0.367. The van der Waals surface area contributed by atoms with Crippen LogP contribution < -0.4 is 0 Å². The lowest BCUT2D eigenvalue weighted by molar-refractivity contribution is 0.0500. The molecule has 0 spiro atoms. The van der Waals surface area contributed by atoms with Crippen molar-refractivity contribution in [2.75, 3.05) is 6.61 Å². The van der Waals surface area contributed by atoms with Gasteiger partial charge in [0.25, 0.3) is 0 Å². The molecular weight excluding hydrogens is 347 g/mol. The molecule has 2 aromatic rings. The van der Waals surface area contributed by atoms with Gasteiger partial charge in [0, 0.05) is 5.33 Å². The van der Waals surface area contributed by atoms with Crippen LogP contribution >= 0.6 is 15.9 Å². The number of rotatable bonds is 6. The van der Waals surface area contributed by atoms with Crippen LogP contribution in [0, 0.1) is 5.82 Å². The molecule has 0 fully saturated rings. The highest BCUT2D eigenvalue weighted by molar-refractivity contribution is 9.08. The van der Waals surface area contributed by atoms with Crippen molar-refractivity contribution in [2.24, 2.45) is 0 Å². The Morgan fingerprint density at radius 3 is 2.68 bits per heavy atom. The van der Waals surface area contributed by atoms with E-state index in [0.29, 0.717) is 34.2 Å². The molecule has 0 heterocycles. The molecule has 0 unspecified atom stereocenters. The summed E-state index contributed by atoms with van der Waals surface area (Å²) in [6.45, 7) is 2.44. The van der Waals surface area contributed by atoms with Crippen LogP contribution in [0.25, 0.3) is 11.1 Å². The number of carbonyl (C=O) groups is 1. The summed E-state index contributed by atoms with van der Waals surface area (Å²) in [4.78, 5) is 12.2. The molecule has 116 valence electrons. The maximum Gasteiger partial charge on any atom is 0.338 e. The Morgan fingerprint density at radius 2 is 2.00 bits per heavy atom. The van der Waals surface area contributed by atoms with E-state index in [0.717, 1.165) is 12.8 Å². The fourth-order valence-corrected chi connectivity index (χ4v) is 2.58. The maximum atomic E-state index is 14.0. The molecule has 0 radical (unpaired) electrons. The van der Waals surface area contributed by atoms with Crippen molar-refractivity contribution in [1.82, 2.24) is 0 Å². The summed E-state index contributed by atoms with van der Waals surface area (Å²) < 4.78 is 19.2. The third-order valence-electron chi connectivity index (χ3n) is 3.39. The molecule has 0 N–H and O–H groups in total. The van der Waals surface area contributed by atoms with Crippen LogP contribution in [0.5, 0.6) is 0 Å². The van der Waals surface area contributed by atoms with Crippen molar-refractivity contribution in [3.05, 3.63) is 59.4 Å². The first-order valence-electron chi connectivity index (χ1n) is 7.28. The minimum Gasteiger partial charge on any atom is -0.462 e. The number of esters is 1. The molecule has 0 saturated carbocycles. The number of benzene rings is 2. The highest BCUT2D eigenvalue weighted by atomic mass is 79.9. The molecule has 2 nitrogen and oxygen atoms in total. The lowest BCUT2D eigenvalue weighted by atomic mass is 9.98. The van der Waals surface area contributed by atoms with Gasteiger partial charge < -0.3 is 4.74 Å². The van der Waals surface area contributed by atoms with Crippen molar-refractivity contribution >= 4 is 21.9 Å². The van der Waals surface area contributed by atoms with Crippen molar-refractivity contribution in [3.8, 4) is 11.1 Å². The zero-order valence-corrected chi connectivity index (χ0v) is 14.0. The van der Waals surface area contributed by atoms with E-state index in [-0.39, 0.29) is 11.8 Å². The molecule has 0 amide bonds. The highest BCUT2D eigenvalue weighted by Gasteiger charge is 2.14. The monoisotopic (exact) mass is 364 g/mol. The van der Waals surface area contributed by atoms with E-state index < -0.39 is 0 Å². The van der Waals surface area contributed by atoms with Gasteiger partial charge in [0.1, 0.15) is 5.82 Å². The van der Waals surface area contributed by atoms with Gasteiger partial charge in [0.15, 0.2) is 0 Å². The van der Waals surface area contributed by atoms with Crippen molar-refractivity contribution < 1.29 is 13.9 Å². The van der Waals surface area contributed by atoms with E-state index >= 15 is 0 Å². The second-order valence-corrected chi connectivity index (χ2v) is 5.54. The summed E-state index contributed by atoms with van der Waals surface area (Å²) >= 11 is 3.25. The van der Waals surface area contributed by atoms with Gasteiger partial charge in [-0.05, 0) is 35.2 Å². The standard InChI is InChI=1S/C18H18BrFO2/c1-2-3-10-22-18(21)16-7-5-4-6-15(16)13-8-9-14(12-19)17(20)11-13/h4-9,11H,2-3,10,12H2,1H3. The third kappa shape index (κ3) is 3.95. The normalized spacial score (nSPS) is 10.5. The van der Waals surface area contributed by atoms with Crippen LogP contribution in [0.15, 0.2) is 42.5 Å². The Morgan fingerprint density at radius 1 is 1.23 bits per heavy atom. The summed E-state index contributed by atoms with van der Waals surface area (Å²) in [5, 5.41) is 0.458. The zero-order chi connectivity index (χ0) is 15.9. The fraction of sp³-hybridized carbons (Fsp3) is 0.278. The molecule has 0 aliphatic carbocycles. The first-order chi connectivity index (χ1) is 10.7. The number of carbonyl (C=O) groups excluding carboxylic acids is 1. The molecule has 0 aliphatic heterocycles. The quantitative estimate of drug-likeness (QED) is 0.392. The van der Waals surface area contributed by atoms with Crippen molar-refractivity contribution in [3.63, 3.8) is 0 Å². The summed E-state index contributed by atoms with van der Waals surface area (Å²) in [7, 11) is 0. The fourth-order valence-electron chi connectivity index (χ4n) is 2.12. The second kappa shape index (κ2) is 8.08. The van der Waals surface area contributed by atoms with E-state index in [2.05, 4.69) is 15.9 Å². The molecule has 0 aliphatic rings. The van der Waals surface area contributed by atoms with E-state index in [4.69, 9.17) is 4.74 Å². The molecule has 0 saturated heterocycles. The number of unbranched alkanes of at least 4 members (excludes halogenated alkanes) is 1. The molecule has 2 rings (SSSR count). The number of hydrogen-bond acceptors (Lipinski definition) is 2. The highest BCUT2D eigenvalue weighted by Crippen LogP contribution is 2.26. The second-order valence-electron chi connectivity index (χ2n) is 4.97. The van der Waals surface area contributed by atoms with Gasteiger partial charge in [-0.3, -0.25) is 0 Å². The van der Waals surface area contributed by atoms with Crippen LogP contribution in [-0.4, -0.2) is 12.6 Å². The average molecular weight is 365 g/mol. The molecule has 2 aromatic carbocycles. The van der Waals surface area contributed by atoms with Gasteiger partial charge in [-0.2, -0.15) is 0 Å². The summed E-state index contributed by atoms with van der Waals surface area (Å²) in [6, 6.07) is 12.1. The molecule has 22 heavy (non-hydrogen) atoms. The molecule has 0 aromatic heterocycles. The number of halogens is 2. The number of alkyl halides is 1. The van der Waals surface area contributed by atoms with Crippen LogP contribution in [0.2, 0.25) is 0 Å². The SMILES string of the molecule is CCCCOC(=O)c1ccccc1-c1ccc(CBr)c(F)c1. The number of hydrogen-bond donors (Lipinski definition) is 0. The molecule has 0 bridgehead atoms. The van der Waals surface area contributed by atoms with Gasteiger partial charge in [-0.25, -0.2) is 9.18 Å². The van der Waals surface area contributed by atoms with Gasteiger partial charge in [-0.15, -0.1) is 0 Å². The van der Waals surface area contributed by atoms with Crippen LogP contribution in [0.3, 0.4) is 0 Å². The van der Waals surface area contributed by atoms with Crippen LogP contribution in [0.4, 0.5) is 4.39 Å². The smallest absolute Gasteiger partial charge is 0.338 e. The predicted molar refractivity (Wildman–Crippen MR) is 89.7 cm³/mol. The minimum absolute atomic E-state index is 0.288. The Labute approximate surface area is 138 Å². The van der Waals surface area contributed by atoms with Crippen molar-refractivity contribution in [1.29, 1.82) is 0 Å². The summed E-state index contributed by atoms with van der Waals surface area (Å²) in [5.74, 6) is -0.655. The topological polar surface area (TPSA) is 26.3 Å². The summed E-state index contributed by atoms with van der Waals surface area (Å²) in [5.41, 5.74) is 2.41. The Kier molecular flexibility index (Phi) is 6.13. The van der Waals surface area contributed by atoms with Crippen LogP contribution in [0.1, 0.15) is 35.7 Å². The zero-order valence-electron chi connectivity index (χ0n) is 12.4. The predicted octanol–water partition coefficient (Wildman–Crippen LogP) is 5.34. The van der Waals surface area contributed by atoms with E-state index in [1.54, 1.807) is 24.3 Å². The summed E-state index contributed by atoms with van der Waals surface area (Å²) in [6.07, 6.45) is 1.80. The van der Waals surface area contributed by atoms with E-state index in [9.17, 15) is 9.18 Å². The lowest BCUT2D eigenvalue weighted by Gasteiger charge is -2.10. The first-order valence-corrected chi connectivity index (χ1v) is 8.40. The van der Waals surface area contributed by atoms with E-state index in [1.807, 2.05) is 19.1 Å². The van der Waals surface area contributed by atoms with Gasteiger partial charge in [0.2, 0.25) is 0 Å². The van der Waals surface area contributed by atoms with Crippen molar-refractivity contribution in [2.45, 2.75) is 25.1 Å². The largest absolute Gasteiger partial charge is 0.462 e. The average Bonchev–Trinajstić information content (AvgIpc) is 2.55. The first kappa shape index (κ1) is 16.7. The van der Waals surface area contributed by atoms with Crippen LogP contribution in [-0.2, 0) is 10.1 Å². The number of ether oxygens (including phenoxy) is 1. The Bertz CT molecular complexity index is 655. The Hall–Kier alpha value is -1.68. The third-order valence-corrected chi connectivity index (χ3v) is 3.99. The molecule has 4 heteroatoms. The lowest BCUT2D eigenvalue weighted by Crippen LogP contribution is -2.08. The van der Waals surface area contributed by atoms with Gasteiger partial charge >= 0.3 is 5.97 Å². The molecular formula is C18H18BrFO2. The molecule has 0 atom stereocenters. The van der Waals surface area contributed by atoms with E-state index in [1.165, 1.54) is 6.07 Å². The van der Waals surface area contributed by atoms with Gasteiger partial charge in [0.05, 0.1) is 12.2 Å².